The van der Waals surface area contributed by atoms with Crippen LogP contribution >= 0.6 is 0 Å². The normalized spacial score (nSPS) is 18.5. The number of aryl methyl sites for hydroxylation is 2. The average molecular weight is 347 g/mol. The molecule has 136 valence electrons. The summed E-state index contributed by atoms with van der Waals surface area (Å²) in [6.07, 6.45) is 5.19. The molecule has 1 fully saturated rings. The van der Waals surface area contributed by atoms with Gasteiger partial charge in [-0.15, -0.1) is 0 Å². The standard InChI is InChI=1S/C24H30N2/c1-17-14-18(2)16-20(15-17)24-22(21-9-4-5-10-23(21)25-24)11-13-26-12-7-6-8-19(26)3/h4-5,9-10,14-16,19,25H,6-8,11-13H2,1-3H3. The second kappa shape index (κ2) is 7.28. The van der Waals surface area contributed by atoms with E-state index in [2.05, 4.69) is 73.1 Å². The van der Waals surface area contributed by atoms with E-state index in [1.54, 1.807) is 0 Å². The van der Waals surface area contributed by atoms with Crippen molar-refractivity contribution in [1.29, 1.82) is 0 Å². The molecule has 1 N–H and O–H groups in total. The molecule has 2 heterocycles. The zero-order valence-electron chi connectivity index (χ0n) is 16.3. The fraction of sp³-hybridized carbons (Fsp3) is 0.417. The number of benzene rings is 2. The maximum absolute atomic E-state index is 3.72. The summed E-state index contributed by atoms with van der Waals surface area (Å²) in [5.41, 5.74) is 8.01. The van der Waals surface area contributed by atoms with Crippen molar-refractivity contribution in [3.05, 3.63) is 59.2 Å². The first-order chi connectivity index (χ1) is 12.6. The maximum Gasteiger partial charge on any atom is 0.0498 e. The lowest BCUT2D eigenvalue weighted by Gasteiger charge is -2.33. The summed E-state index contributed by atoms with van der Waals surface area (Å²) in [6, 6.07) is 16.4. The molecule has 1 aliphatic heterocycles. The van der Waals surface area contributed by atoms with E-state index < -0.39 is 0 Å². The number of rotatable bonds is 4. The average Bonchev–Trinajstić information content (AvgIpc) is 2.99. The lowest BCUT2D eigenvalue weighted by atomic mass is 9.98. The number of likely N-dealkylation sites (tertiary alicyclic amines) is 1. The number of aromatic nitrogens is 1. The molecule has 1 unspecified atom stereocenters. The third-order valence-electron chi connectivity index (χ3n) is 5.91. The molecule has 0 amide bonds. The van der Waals surface area contributed by atoms with Gasteiger partial charge in [-0.05, 0) is 75.9 Å². The van der Waals surface area contributed by atoms with Crippen LogP contribution in [0.1, 0.15) is 42.9 Å². The molecule has 0 aliphatic carbocycles. The highest BCUT2D eigenvalue weighted by molar-refractivity contribution is 5.91. The third kappa shape index (κ3) is 3.43. The molecule has 0 radical (unpaired) electrons. The molecule has 0 spiro atoms. The van der Waals surface area contributed by atoms with Crippen LogP contribution in [0.3, 0.4) is 0 Å². The Bertz CT molecular complexity index is 885. The van der Waals surface area contributed by atoms with Crippen molar-refractivity contribution in [2.24, 2.45) is 0 Å². The quantitative estimate of drug-likeness (QED) is 0.626. The van der Waals surface area contributed by atoms with Gasteiger partial charge in [-0.25, -0.2) is 0 Å². The highest BCUT2D eigenvalue weighted by Crippen LogP contribution is 2.32. The summed E-state index contributed by atoms with van der Waals surface area (Å²) >= 11 is 0. The van der Waals surface area contributed by atoms with Crippen molar-refractivity contribution in [2.75, 3.05) is 13.1 Å². The van der Waals surface area contributed by atoms with Gasteiger partial charge < -0.3 is 9.88 Å². The monoisotopic (exact) mass is 346 g/mol. The van der Waals surface area contributed by atoms with Gasteiger partial charge in [0.1, 0.15) is 0 Å². The van der Waals surface area contributed by atoms with Gasteiger partial charge in [0.25, 0.3) is 0 Å². The smallest absolute Gasteiger partial charge is 0.0498 e. The number of nitrogens with one attached hydrogen (secondary N) is 1. The first-order valence-corrected chi connectivity index (χ1v) is 10.0. The predicted octanol–water partition coefficient (Wildman–Crippen LogP) is 5.87. The Kier molecular flexibility index (Phi) is 4.86. The summed E-state index contributed by atoms with van der Waals surface area (Å²) in [4.78, 5) is 6.39. The third-order valence-corrected chi connectivity index (χ3v) is 5.91. The molecule has 4 rings (SSSR count). The van der Waals surface area contributed by atoms with Crippen LogP contribution in [0.5, 0.6) is 0 Å². The predicted molar refractivity (Wildman–Crippen MR) is 112 cm³/mol. The minimum absolute atomic E-state index is 0.721. The Morgan fingerprint density at radius 1 is 1.04 bits per heavy atom. The fourth-order valence-corrected chi connectivity index (χ4v) is 4.57. The second-order valence-corrected chi connectivity index (χ2v) is 8.03. The van der Waals surface area contributed by atoms with Crippen molar-refractivity contribution in [2.45, 2.75) is 52.5 Å². The highest BCUT2D eigenvalue weighted by atomic mass is 15.2. The van der Waals surface area contributed by atoms with Crippen molar-refractivity contribution >= 4 is 10.9 Å². The first-order valence-electron chi connectivity index (χ1n) is 10.0. The topological polar surface area (TPSA) is 19.0 Å². The van der Waals surface area contributed by atoms with Crippen molar-refractivity contribution in [3.63, 3.8) is 0 Å². The molecule has 3 aromatic rings. The van der Waals surface area contributed by atoms with Crippen LogP contribution in [0.15, 0.2) is 42.5 Å². The van der Waals surface area contributed by atoms with E-state index in [0.717, 1.165) is 19.0 Å². The molecule has 1 aliphatic rings. The summed E-state index contributed by atoms with van der Waals surface area (Å²) in [7, 11) is 0. The van der Waals surface area contributed by atoms with Gasteiger partial charge >= 0.3 is 0 Å². The lowest BCUT2D eigenvalue weighted by molar-refractivity contribution is 0.163. The Balaban J connectivity index is 1.72. The summed E-state index contributed by atoms with van der Waals surface area (Å²) in [5.74, 6) is 0. The molecular formula is C24H30N2. The van der Waals surface area contributed by atoms with E-state index in [1.165, 1.54) is 64.7 Å². The van der Waals surface area contributed by atoms with Gasteiger partial charge in [0.15, 0.2) is 0 Å². The van der Waals surface area contributed by atoms with Crippen LogP contribution < -0.4 is 0 Å². The van der Waals surface area contributed by atoms with Gasteiger partial charge in [0.05, 0.1) is 0 Å². The molecule has 2 aromatic carbocycles. The Hall–Kier alpha value is -2.06. The fourth-order valence-electron chi connectivity index (χ4n) is 4.57. The molecule has 1 atom stereocenters. The number of nitrogens with zero attached hydrogens (tertiary/aromatic N) is 1. The number of hydrogen-bond acceptors (Lipinski definition) is 1. The van der Waals surface area contributed by atoms with Gasteiger partial charge in [0, 0.05) is 29.2 Å². The van der Waals surface area contributed by atoms with E-state index in [0.29, 0.717) is 0 Å². The Morgan fingerprint density at radius 2 is 1.81 bits per heavy atom. The zero-order valence-corrected chi connectivity index (χ0v) is 16.3. The highest BCUT2D eigenvalue weighted by Gasteiger charge is 2.20. The number of para-hydroxylation sites is 1. The van der Waals surface area contributed by atoms with Crippen molar-refractivity contribution < 1.29 is 0 Å². The van der Waals surface area contributed by atoms with E-state index in [4.69, 9.17) is 0 Å². The van der Waals surface area contributed by atoms with Crippen molar-refractivity contribution in [1.82, 2.24) is 9.88 Å². The SMILES string of the molecule is Cc1cc(C)cc(-c2[nH]c3ccccc3c2CCN2CCCCC2C)c1. The minimum atomic E-state index is 0.721. The molecule has 0 saturated carbocycles. The number of piperidine rings is 1. The molecule has 2 heteroatoms. The molecule has 2 nitrogen and oxygen atoms in total. The minimum Gasteiger partial charge on any atom is -0.354 e. The molecule has 1 aromatic heterocycles. The van der Waals surface area contributed by atoms with Crippen LogP contribution in [0.4, 0.5) is 0 Å². The lowest BCUT2D eigenvalue weighted by Crippen LogP contribution is -2.38. The molecule has 26 heavy (non-hydrogen) atoms. The van der Waals surface area contributed by atoms with E-state index in [-0.39, 0.29) is 0 Å². The number of H-pyrrole nitrogens is 1. The van der Waals surface area contributed by atoms with Crippen LogP contribution in [0.2, 0.25) is 0 Å². The zero-order chi connectivity index (χ0) is 18.1. The first kappa shape index (κ1) is 17.4. The van der Waals surface area contributed by atoms with Crippen LogP contribution in [0.25, 0.3) is 22.2 Å². The summed E-state index contributed by atoms with van der Waals surface area (Å²) in [5, 5.41) is 1.38. The number of aromatic amines is 1. The Labute approximate surface area is 157 Å². The maximum atomic E-state index is 3.72. The Morgan fingerprint density at radius 3 is 2.58 bits per heavy atom. The molecule has 0 bridgehead atoms. The molecule has 1 saturated heterocycles. The molecular weight excluding hydrogens is 316 g/mol. The van der Waals surface area contributed by atoms with Gasteiger partial charge in [-0.3, -0.25) is 0 Å². The van der Waals surface area contributed by atoms with Crippen LogP contribution in [0, 0.1) is 13.8 Å². The van der Waals surface area contributed by atoms with Crippen LogP contribution in [-0.4, -0.2) is 29.0 Å². The van der Waals surface area contributed by atoms with Crippen LogP contribution in [-0.2, 0) is 6.42 Å². The summed E-state index contributed by atoms with van der Waals surface area (Å²) < 4.78 is 0. The number of hydrogen-bond donors (Lipinski definition) is 1. The van der Waals surface area contributed by atoms with E-state index in [1.807, 2.05) is 0 Å². The number of fused-ring (bicyclic) bond motifs is 1. The van der Waals surface area contributed by atoms with Gasteiger partial charge in [-0.2, -0.15) is 0 Å². The van der Waals surface area contributed by atoms with Gasteiger partial charge in [0.2, 0.25) is 0 Å². The summed E-state index contributed by atoms with van der Waals surface area (Å²) in [6.45, 7) is 9.17. The van der Waals surface area contributed by atoms with Gasteiger partial charge in [-0.1, -0.05) is 41.8 Å². The largest absolute Gasteiger partial charge is 0.354 e. The van der Waals surface area contributed by atoms with Crippen molar-refractivity contribution in [3.8, 4) is 11.3 Å². The van der Waals surface area contributed by atoms with E-state index >= 15 is 0 Å². The van der Waals surface area contributed by atoms with E-state index in [9.17, 15) is 0 Å². The second-order valence-electron chi connectivity index (χ2n) is 8.03.